The molecule has 3 aromatic rings. The second kappa shape index (κ2) is 7.85. The van der Waals surface area contributed by atoms with E-state index in [9.17, 15) is 9.59 Å². The summed E-state index contributed by atoms with van der Waals surface area (Å²) in [5.74, 6) is -0.335. The average molecular weight is 389 g/mol. The number of fused-ring (bicyclic) bond motifs is 1. The van der Waals surface area contributed by atoms with Gasteiger partial charge in [-0.25, -0.2) is 0 Å². The van der Waals surface area contributed by atoms with Gasteiger partial charge in [-0.1, -0.05) is 29.8 Å². The summed E-state index contributed by atoms with van der Waals surface area (Å²) < 4.78 is 5.75. The van der Waals surface area contributed by atoms with Crippen molar-refractivity contribution >= 4 is 46.1 Å². The number of hydrogen-bond donors (Lipinski definition) is 2. The van der Waals surface area contributed by atoms with Gasteiger partial charge in [0.2, 0.25) is 5.91 Å². The number of carbonyl (C=O) groups is 2. The summed E-state index contributed by atoms with van der Waals surface area (Å²) in [6, 6.07) is 14.1. The zero-order valence-electron chi connectivity index (χ0n) is 14.0. The van der Waals surface area contributed by atoms with Crippen molar-refractivity contribution in [3.63, 3.8) is 0 Å². The molecular weight excluding hydrogens is 372 g/mol. The maximum Gasteiger partial charge on any atom is 0.288 e. The molecule has 2 amide bonds. The number of furan rings is 1. The Morgan fingerprint density at radius 2 is 1.88 bits per heavy atom. The Labute approximate surface area is 159 Å². The standard InChI is InChI=1S/C19H17ClN2O3S/c1-11(18(21)23)22-19(24)17-15(14-4-2-3-5-16(14)25-17)10-26-13-8-6-12(20)7-9-13/h2-9,11H,10H2,1H3,(H2,21,23)(H,22,24). The third-order valence-corrected chi connectivity index (χ3v) is 5.17. The van der Waals surface area contributed by atoms with Crippen LogP contribution >= 0.6 is 23.4 Å². The maximum atomic E-state index is 12.6. The third-order valence-electron chi connectivity index (χ3n) is 3.88. The lowest BCUT2D eigenvalue weighted by Crippen LogP contribution is -2.42. The van der Waals surface area contributed by atoms with Gasteiger partial charge in [-0.3, -0.25) is 9.59 Å². The highest BCUT2D eigenvalue weighted by atomic mass is 35.5. The minimum absolute atomic E-state index is 0.195. The Morgan fingerprint density at radius 3 is 2.58 bits per heavy atom. The van der Waals surface area contributed by atoms with Crippen molar-refractivity contribution < 1.29 is 14.0 Å². The van der Waals surface area contributed by atoms with Crippen LogP contribution in [0, 0.1) is 0 Å². The summed E-state index contributed by atoms with van der Waals surface area (Å²) in [5.41, 5.74) is 6.62. The second-order valence-electron chi connectivity index (χ2n) is 5.75. The van der Waals surface area contributed by atoms with Crippen LogP contribution in [0.1, 0.15) is 23.0 Å². The van der Waals surface area contributed by atoms with Crippen molar-refractivity contribution in [1.29, 1.82) is 0 Å². The molecule has 1 atom stereocenters. The zero-order chi connectivity index (χ0) is 18.7. The molecule has 0 saturated heterocycles. The van der Waals surface area contributed by atoms with Crippen LogP contribution < -0.4 is 11.1 Å². The molecule has 0 spiro atoms. The summed E-state index contributed by atoms with van der Waals surface area (Å²) in [7, 11) is 0. The van der Waals surface area contributed by atoms with Crippen molar-refractivity contribution in [1.82, 2.24) is 5.32 Å². The first-order valence-corrected chi connectivity index (χ1v) is 9.31. The molecule has 5 nitrogen and oxygen atoms in total. The van der Waals surface area contributed by atoms with Crippen LogP contribution in [0.3, 0.4) is 0 Å². The fourth-order valence-corrected chi connectivity index (χ4v) is 3.50. The summed E-state index contributed by atoms with van der Waals surface area (Å²) >= 11 is 7.48. The molecule has 7 heteroatoms. The number of para-hydroxylation sites is 1. The van der Waals surface area contributed by atoms with E-state index in [0.717, 1.165) is 15.8 Å². The van der Waals surface area contributed by atoms with Crippen LogP contribution in [-0.2, 0) is 10.5 Å². The van der Waals surface area contributed by atoms with E-state index in [2.05, 4.69) is 5.32 Å². The van der Waals surface area contributed by atoms with Gasteiger partial charge in [-0.2, -0.15) is 0 Å². The molecule has 26 heavy (non-hydrogen) atoms. The monoisotopic (exact) mass is 388 g/mol. The summed E-state index contributed by atoms with van der Waals surface area (Å²) in [5, 5.41) is 4.11. The van der Waals surface area contributed by atoms with E-state index in [0.29, 0.717) is 16.4 Å². The summed E-state index contributed by atoms with van der Waals surface area (Å²) in [4.78, 5) is 24.8. The Balaban J connectivity index is 1.90. The Hall–Kier alpha value is -2.44. The van der Waals surface area contributed by atoms with Gasteiger partial charge in [0, 0.05) is 26.6 Å². The van der Waals surface area contributed by atoms with E-state index in [1.807, 2.05) is 42.5 Å². The van der Waals surface area contributed by atoms with E-state index >= 15 is 0 Å². The molecule has 1 heterocycles. The van der Waals surface area contributed by atoms with Crippen LogP contribution in [-0.4, -0.2) is 17.9 Å². The molecule has 3 N–H and O–H groups in total. The van der Waals surface area contributed by atoms with Gasteiger partial charge in [0.25, 0.3) is 5.91 Å². The van der Waals surface area contributed by atoms with Crippen LogP contribution in [0.2, 0.25) is 5.02 Å². The first-order chi connectivity index (χ1) is 12.5. The number of nitrogens with one attached hydrogen (secondary N) is 1. The fraction of sp³-hybridized carbons (Fsp3) is 0.158. The number of carbonyl (C=O) groups excluding carboxylic acids is 2. The molecule has 1 aromatic heterocycles. The highest BCUT2D eigenvalue weighted by Crippen LogP contribution is 2.32. The van der Waals surface area contributed by atoms with Crippen molar-refractivity contribution in [3.05, 3.63) is 64.9 Å². The van der Waals surface area contributed by atoms with Crippen LogP contribution in [0.25, 0.3) is 11.0 Å². The number of nitrogens with two attached hydrogens (primary N) is 1. The maximum absolute atomic E-state index is 12.6. The lowest BCUT2D eigenvalue weighted by atomic mass is 10.1. The molecule has 0 aliphatic rings. The van der Waals surface area contributed by atoms with Gasteiger partial charge in [0.1, 0.15) is 11.6 Å². The van der Waals surface area contributed by atoms with Crippen molar-refractivity contribution in [2.75, 3.05) is 0 Å². The molecule has 3 rings (SSSR count). The van der Waals surface area contributed by atoms with Gasteiger partial charge in [0.05, 0.1) is 0 Å². The second-order valence-corrected chi connectivity index (χ2v) is 7.23. The van der Waals surface area contributed by atoms with E-state index in [4.69, 9.17) is 21.8 Å². The van der Waals surface area contributed by atoms with Gasteiger partial charge in [-0.05, 0) is 37.3 Å². The molecule has 0 aliphatic carbocycles. The van der Waals surface area contributed by atoms with Gasteiger partial charge >= 0.3 is 0 Å². The van der Waals surface area contributed by atoms with Gasteiger partial charge in [0.15, 0.2) is 5.76 Å². The molecule has 1 unspecified atom stereocenters. The number of amides is 2. The molecule has 0 fully saturated rings. The highest BCUT2D eigenvalue weighted by molar-refractivity contribution is 7.98. The van der Waals surface area contributed by atoms with E-state index < -0.39 is 17.9 Å². The third kappa shape index (κ3) is 4.03. The average Bonchev–Trinajstić information content (AvgIpc) is 3.00. The summed E-state index contributed by atoms with van der Waals surface area (Å²) in [6.45, 7) is 1.53. The molecular formula is C19H17ClN2O3S. The fourth-order valence-electron chi connectivity index (χ4n) is 2.45. The highest BCUT2D eigenvalue weighted by Gasteiger charge is 2.23. The van der Waals surface area contributed by atoms with E-state index in [-0.39, 0.29) is 5.76 Å². The summed E-state index contributed by atoms with van der Waals surface area (Å²) in [6.07, 6.45) is 0. The number of hydrogen-bond acceptors (Lipinski definition) is 4. The van der Waals surface area contributed by atoms with Gasteiger partial charge < -0.3 is 15.5 Å². The zero-order valence-corrected chi connectivity index (χ0v) is 15.6. The first-order valence-electron chi connectivity index (χ1n) is 7.94. The SMILES string of the molecule is CC(NC(=O)c1oc2ccccc2c1CSc1ccc(Cl)cc1)C(N)=O. The van der Waals surface area contributed by atoms with E-state index in [1.165, 1.54) is 6.92 Å². The van der Waals surface area contributed by atoms with Crippen LogP contribution in [0.4, 0.5) is 0 Å². The molecule has 0 aliphatic heterocycles. The first kappa shape index (κ1) is 18.4. The Bertz CT molecular complexity index is 953. The van der Waals surface area contributed by atoms with E-state index in [1.54, 1.807) is 17.8 Å². The number of thioether (sulfide) groups is 1. The lowest BCUT2D eigenvalue weighted by Gasteiger charge is -2.09. The Kier molecular flexibility index (Phi) is 5.54. The largest absolute Gasteiger partial charge is 0.451 e. The smallest absolute Gasteiger partial charge is 0.288 e. The molecule has 0 radical (unpaired) electrons. The van der Waals surface area contributed by atoms with Crippen LogP contribution in [0.15, 0.2) is 57.8 Å². The topological polar surface area (TPSA) is 85.3 Å². The number of benzene rings is 2. The lowest BCUT2D eigenvalue weighted by molar-refractivity contribution is -0.119. The Morgan fingerprint density at radius 1 is 1.19 bits per heavy atom. The predicted octanol–water partition coefficient (Wildman–Crippen LogP) is 3.98. The number of rotatable bonds is 6. The minimum Gasteiger partial charge on any atom is -0.451 e. The van der Waals surface area contributed by atoms with Gasteiger partial charge in [-0.15, -0.1) is 11.8 Å². The molecule has 0 saturated carbocycles. The van der Waals surface area contributed by atoms with Crippen LogP contribution in [0.5, 0.6) is 0 Å². The van der Waals surface area contributed by atoms with Crippen molar-refractivity contribution in [2.24, 2.45) is 5.73 Å². The normalized spacial score (nSPS) is 12.1. The van der Waals surface area contributed by atoms with Crippen molar-refractivity contribution in [2.45, 2.75) is 23.6 Å². The number of primary amides is 1. The number of halogens is 1. The quantitative estimate of drug-likeness (QED) is 0.625. The minimum atomic E-state index is -0.785. The van der Waals surface area contributed by atoms with Crippen molar-refractivity contribution in [3.8, 4) is 0 Å². The molecule has 2 aromatic carbocycles. The predicted molar refractivity (Wildman–Crippen MR) is 103 cm³/mol. The molecule has 0 bridgehead atoms. The molecule has 134 valence electrons.